The van der Waals surface area contributed by atoms with Crippen LogP contribution < -0.4 is 10.6 Å². The molecule has 0 saturated heterocycles. The summed E-state index contributed by atoms with van der Waals surface area (Å²) in [5.74, 6) is 1.64. The minimum atomic E-state index is 0.540. The second-order valence-corrected chi connectivity index (χ2v) is 17.4. The van der Waals surface area contributed by atoms with Gasteiger partial charge >= 0.3 is 0 Å². The minimum absolute atomic E-state index is 0.540. The van der Waals surface area contributed by atoms with Crippen LogP contribution in [0.2, 0.25) is 0 Å². The predicted octanol–water partition coefficient (Wildman–Crippen LogP) is 12.7. The van der Waals surface area contributed by atoms with E-state index < -0.39 is 0 Å². The van der Waals surface area contributed by atoms with Crippen LogP contribution >= 0.6 is 0 Å². The summed E-state index contributed by atoms with van der Waals surface area (Å²) in [4.78, 5) is 36.9. The summed E-state index contributed by atoms with van der Waals surface area (Å²) in [6.07, 6.45) is 5.48. The molecule has 4 N–H and O–H groups in total. The van der Waals surface area contributed by atoms with Crippen molar-refractivity contribution in [1.82, 2.24) is 50.5 Å². The van der Waals surface area contributed by atoms with Gasteiger partial charge in [0.05, 0.1) is 41.4 Å². The molecule has 0 unspecified atom stereocenters. The zero-order chi connectivity index (χ0) is 47.2. The van der Waals surface area contributed by atoms with Crippen LogP contribution in [0, 0.1) is 13.8 Å². The predicted molar refractivity (Wildman–Crippen MR) is 281 cm³/mol. The molecule has 0 amide bonds. The Labute approximate surface area is 407 Å². The van der Waals surface area contributed by atoms with Gasteiger partial charge in [0.1, 0.15) is 23.0 Å². The number of nitrogens with zero attached hydrogens (tertiary/aromatic N) is 6. The number of aromatic nitrogens is 8. The Morgan fingerprint density at radius 2 is 1.00 bits per heavy atom. The molecule has 6 heterocycles. The van der Waals surface area contributed by atoms with E-state index in [0.29, 0.717) is 26.2 Å². The molecule has 5 aromatic carbocycles. The van der Waals surface area contributed by atoms with Crippen LogP contribution in [0.25, 0.3) is 89.6 Å². The van der Waals surface area contributed by atoms with Gasteiger partial charge in [-0.2, -0.15) is 0 Å². The number of hydrogen-bond donors (Lipinski definition) is 4. The molecule has 0 aliphatic rings. The smallest absolute Gasteiger partial charge is 0.121 e. The van der Waals surface area contributed by atoms with Crippen molar-refractivity contribution in [3.05, 3.63) is 229 Å². The van der Waals surface area contributed by atoms with Crippen LogP contribution in [0.5, 0.6) is 0 Å². The van der Waals surface area contributed by atoms with E-state index in [9.17, 15) is 0 Å². The van der Waals surface area contributed by atoms with Gasteiger partial charge in [-0.1, -0.05) is 127 Å². The van der Waals surface area contributed by atoms with Crippen molar-refractivity contribution in [2.75, 3.05) is 0 Å². The summed E-state index contributed by atoms with van der Waals surface area (Å²) >= 11 is 0. The van der Waals surface area contributed by atoms with E-state index in [2.05, 4.69) is 159 Å². The van der Waals surface area contributed by atoms with Crippen LogP contribution in [0.3, 0.4) is 0 Å². The molecule has 0 fully saturated rings. The molecule has 6 aromatic heterocycles. The number of H-pyrrole nitrogens is 2. The van der Waals surface area contributed by atoms with E-state index in [4.69, 9.17) is 24.9 Å². The Bertz CT molecular complexity index is 3580. The lowest BCUT2D eigenvalue weighted by molar-refractivity contribution is 0.670. The molecule has 11 aromatic rings. The fourth-order valence-corrected chi connectivity index (χ4v) is 9.26. The molecule has 11 rings (SSSR count). The molecule has 70 heavy (non-hydrogen) atoms. The molecule has 10 heteroatoms. The van der Waals surface area contributed by atoms with Gasteiger partial charge in [-0.3, -0.25) is 19.9 Å². The van der Waals surface area contributed by atoms with Crippen LogP contribution in [-0.4, -0.2) is 39.9 Å². The van der Waals surface area contributed by atoms with Crippen LogP contribution in [-0.2, 0) is 26.2 Å². The maximum atomic E-state index is 5.20. The van der Waals surface area contributed by atoms with Crippen molar-refractivity contribution in [3.63, 3.8) is 0 Å². The third-order valence-electron chi connectivity index (χ3n) is 12.6. The summed E-state index contributed by atoms with van der Waals surface area (Å²) in [7, 11) is 0. The average Bonchev–Trinajstić information content (AvgIpc) is 4.04. The van der Waals surface area contributed by atoms with Crippen molar-refractivity contribution in [3.8, 4) is 78.7 Å². The highest BCUT2D eigenvalue weighted by molar-refractivity contribution is 5.98. The summed E-state index contributed by atoms with van der Waals surface area (Å²) in [6.45, 7) is 6.49. The maximum Gasteiger partial charge on any atom is 0.121 e. The van der Waals surface area contributed by atoms with Gasteiger partial charge in [-0.05, 0) is 107 Å². The number of imidazole rings is 2. The van der Waals surface area contributed by atoms with E-state index in [1.54, 1.807) is 12.4 Å². The minimum Gasteiger partial charge on any atom is -0.340 e. The van der Waals surface area contributed by atoms with Gasteiger partial charge < -0.3 is 20.6 Å². The first kappa shape index (κ1) is 43.8. The number of benzene rings is 5. The van der Waals surface area contributed by atoms with Crippen molar-refractivity contribution >= 4 is 10.9 Å². The Balaban J connectivity index is 0.889. The van der Waals surface area contributed by atoms with Gasteiger partial charge in [0.15, 0.2) is 0 Å². The maximum absolute atomic E-state index is 5.20. The number of fused-ring (bicyclic) bond motifs is 1. The lowest BCUT2D eigenvalue weighted by Gasteiger charge is -2.11. The Morgan fingerprint density at radius 3 is 1.66 bits per heavy atom. The van der Waals surface area contributed by atoms with Crippen molar-refractivity contribution in [2.45, 2.75) is 40.0 Å². The standard InChI is InChI=1S/C60H50N10/c1-39-14-13-23-52(65-39)59-58(68-56(69-59)38-63-36-46-20-10-12-22-49(46)42-17-7-4-8-18-42)51-28-31-64-53-33-44(24-25-50(51)53)47-32-40(2)66-54(34-47)60-57(43-26-29-61-30-27-43)67-55(70-60)37-62-35-45-19-9-11-21-48(45)41-15-5-3-6-16-41/h3-34,62-63H,35-38H2,1-2H3,(H,67,70)(H,68,69). The second kappa shape index (κ2) is 19.9. The number of rotatable bonds is 15. The quantitative estimate of drug-likeness (QED) is 0.0799. The topological polar surface area (TPSA) is 133 Å². The van der Waals surface area contributed by atoms with E-state index in [1.165, 1.54) is 33.4 Å². The number of nitrogens with one attached hydrogen (secondary N) is 4. The molecule has 0 aliphatic heterocycles. The summed E-state index contributed by atoms with van der Waals surface area (Å²) in [6, 6.07) is 60.9. The number of aromatic amines is 2. The fraction of sp³-hybridized carbons (Fsp3) is 0.100. The average molecular weight is 911 g/mol. The zero-order valence-corrected chi connectivity index (χ0v) is 39.0. The van der Waals surface area contributed by atoms with E-state index >= 15 is 0 Å². The summed E-state index contributed by atoms with van der Waals surface area (Å²) < 4.78 is 0. The Kier molecular flexibility index (Phi) is 12.4. The van der Waals surface area contributed by atoms with E-state index in [0.717, 1.165) is 90.4 Å². The Morgan fingerprint density at radius 1 is 0.400 bits per heavy atom. The van der Waals surface area contributed by atoms with Crippen molar-refractivity contribution < 1.29 is 0 Å². The van der Waals surface area contributed by atoms with E-state index in [-0.39, 0.29) is 0 Å². The lowest BCUT2D eigenvalue weighted by atomic mass is 9.98. The van der Waals surface area contributed by atoms with Gasteiger partial charge in [0, 0.05) is 59.6 Å². The van der Waals surface area contributed by atoms with Crippen molar-refractivity contribution in [2.24, 2.45) is 0 Å². The molecule has 0 spiro atoms. The molecule has 0 bridgehead atoms. The van der Waals surface area contributed by atoms with Gasteiger partial charge in [0.2, 0.25) is 0 Å². The number of aryl methyl sites for hydroxylation is 2. The molecular formula is C60H50N10. The highest BCUT2D eigenvalue weighted by atomic mass is 15.0. The normalized spacial score (nSPS) is 11.3. The van der Waals surface area contributed by atoms with E-state index in [1.807, 2.05) is 62.5 Å². The molecule has 0 aliphatic carbocycles. The molecule has 340 valence electrons. The first-order valence-corrected chi connectivity index (χ1v) is 23.6. The van der Waals surface area contributed by atoms with Crippen LogP contribution in [0.15, 0.2) is 195 Å². The van der Waals surface area contributed by atoms with Gasteiger partial charge in [-0.25, -0.2) is 9.97 Å². The summed E-state index contributed by atoms with van der Waals surface area (Å²) in [5.41, 5.74) is 18.9. The molecule has 0 atom stereocenters. The van der Waals surface area contributed by atoms with Crippen LogP contribution in [0.1, 0.15) is 34.2 Å². The Hall–Kier alpha value is -8.70. The SMILES string of the molecule is Cc1cc(-c2ccc3c(-c4[nH]c(CNCc5ccccc5-c5ccccc5)nc4-c4cccc(C)n4)ccnc3c2)cc(-c2nc(CNCc3ccccc3-c3ccccc3)[nH]c2-c2ccncc2)n1. The molecule has 10 nitrogen and oxygen atoms in total. The third-order valence-corrected chi connectivity index (χ3v) is 12.6. The van der Waals surface area contributed by atoms with Gasteiger partial charge in [0.25, 0.3) is 0 Å². The lowest BCUT2D eigenvalue weighted by Crippen LogP contribution is -2.14. The number of pyridine rings is 4. The molecule has 0 saturated carbocycles. The third kappa shape index (κ3) is 9.42. The summed E-state index contributed by atoms with van der Waals surface area (Å²) in [5, 5.41) is 8.31. The largest absolute Gasteiger partial charge is 0.340 e. The zero-order valence-electron chi connectivity index (χ0n) is 39.0. The highest BCUT2D eigenvalue weighted by Gasteiger charge is 2.20. The number of hydrogen-bond acceptors (Lipinski definition) is 8. The van der Waals surface area contributed by atoms with Crippen LogP contribution in [0.4, 0.5) is 0 Å². The monoisotopic (exact) mass is 910 g/mol. The van der Waals surface area contributed by atoms with Crippen molar-refractivity contribution in [1.29, 1.82) is 0 Å². The first-order chi connectivity index (χ1) is 34.5. The molecule has 0 radical (unpaired) electrons. The van der Waals surface area contributed by atoms with Gasteiger partial charge in [-0.15, -0.1) is 0 Å². The highest BCUT2D eigenvalue weighted by Crippen LogP contribution is 2.37. The molecular weight excluding hydrogens is 861 g/mol. The fourth-order valence-electron chi connectivity index (χ4n) is 9.26. The second-order valence-electron chi connectivity index (χ2n) is 17.4. The first-order valence-electron chi connectivity index (χ1n) is 23.6.